The normalized spacial score (nSPS) is 13.5. The van der Waals surface area contributed by atoms with E-state index in [1.54, 1.807) is 19.2 Å². The highest BCUT2D eigenvalue weighted by Gasteiger charge is 2.13. The van der Waals surface area contributed by atoms with Gasteiger partial charge in [-0.05, 0) is 44.1 Å². The van der Waals surface area contributed by atoms with Crippen LogP contribution in [0.25, 0.3) is 0 Å². The summed E-state index contributed by atoms with van der Waals surface area (Å²) < 4.78 is 12.9. The first kappa shape index (κ1) is 18.4. The number of hydrogen-bond acceptors (Lipinski definition) is 2. The topological polar surface area (TPSA) is 39.7 Å². The highest BCUT2D eigenvalue weighted by atomic mass is 19.1. The number of benzene rings is 1. The standard InChI is InChI=1S/C17H29FN4/c1-13(2)10-16(22(4)5)12-21-17(19-3)20-11-14-6-8-15(18)9-7-14/h6-9,13,16H,10-12H2,1-5H3,(H2,19,20,21). The number of nitrogens with one attached hydrogen (secondary N) is 2. The van der Waals surface area contributed by atoms with E-state index in [0.717, 1.165) is 24.5 Å². The Bertz CT molecular complexity index is 454. The first-order valence-corrected chi connectivity index (χ1v) is 7.77. The van der Waals surface area contributed by atoms with Crippen LogP contribution in [0.15, 0.2) is 29.3 Å². The molecule has 124 valence electrons. The Kier molecular flexibility index (Phi) is 7.88. The van der Waals surface area contributed by atoms with E-state index in [4.69, 9.17) is 0 Å². The van der Waals surface area contributed by atoms with Crippen molar-refractivity contribution in [3.8, 4) is 0 Å². The number of hydrogen-bond donors (Lipinski definition) is 2. The van der Waals surface area contributed by atoms with Crippen LogP contribution < -0.4 is 10.6 Å². The van der Waals surface area contributed by atoms with Gasteiger partial charge in [-0.25, -0.2) is 4.39 Å². The minimum atomic E-state index is -0.214. The molecule has 22 heavy (non-hydrogen) atoms. The van der Waals surface area contributed by atoms with E-state index in [2.05, 4.69) is 48.5 Å². The molecule has 1 rings (SSSR count). The summed E-state index contributed by atoms with van der Waals surface area (Å²) in [5, 5.41) is 6.61. The van der Waals surface area contributed by atoms with E-state index in [9.17, 15) is 4.39 Å². The third-order valence-electron chi connectivity index (χ3n) is 3.58. The molecule has 0 aliphatic rings. The first-order chi connectivity index (χ1) is 10.4. The van der Waals surface area contributed by atoms with Crippen molar-refractivity contribution in [3.05, 3.63) is 35.6 Å². The maximum absolute atomic E-state index is 12.9. The molecule has 0 aromatic heterocycles. The van der Waals surface area contributed by atoms with Gasteiger partial charge < -0.3 is 15.5 Å². The van der Waals surface area contributed by atoms with Gasteiger partial charge in [0, 0.05) is 26.2 Å². The highest BCUT2D eigenvalue weighted by molar-refractivity contribution is 5.79. The highest BCUT2D eigenvalue weighted by Crippen LogP contribution is 2.08. The number of likely N-dealkylation sites (N-methyl/N-ethyl adjacent to an activating group) is 1. The molecule has 0 amide bonds. The van der Waals surface area contributed by atoms with Gasteiger partial charge in [0.25, 0.3) is 0 Å². The molecule has 1 atom stereocenters. The van der Waals surface area contributed by atoms with Crippen molar-refractivity contribution in [1.82, 2.24) is 15.5 Å². The molecule has 0 bridgehead atoms. The zero-order valence-electron chi connectivity index (χ0n) is 14.4. The molecule has 2 N–H and O–H groups in total. The van der Waals surface area contributed by atoms with Crippen molar-refractivity contribution in [2.24, 2.45) is 10.9 Å². The van der Waals surface area contributed by atoms with E-state index in [-0.39, 0.29) is 5.82 Å². The van der Waals surface area contributed by atoms with E-state index in [0.29, 0.717) is 18.5 Å². The second-order valence-corrected chi connectivity index (χ2v) is 6.18. The molecule has 0 saturated heterocycles. The van der Waals surface area contributed by atoms with Gasteiger partial charge in [-0.1, -0.05) is 26.0 Å². The summed E-state index contributed by atoms with van der Waals surface area (Å²) in [5.41, 5.74) is 1.02. The summed E-state index contributed by atoms with van der Waals surface area (Å²) in [4.78, 5) is 6.47. The summed E-state index contributed by atoms with van der Waals surface area (Å²) >= 11 is 0. The van der Waals surface area contributed by atoms with E-state index < -0.39 is 0 Å². The smallest absolute Gasteiger partial charge is 0.191 e. The third kappa shape index (κ3) is 6.89. The lowest BCUT2D eigenvalue weighted by Crippen LogP contribution is -2.45. The largest absolute Gasteiger partial charge is 0.355 e. The number of guanidine groups is 1. The van der Waals surface area contributed by atoms with Crippen LogP contribution in [-0.4, -0.2) is 44.6 Å². The van der Waals surface area contributed by atoms with Crippen LogP contribution in [0.3, 0.4) is 0 Å². The van der Waals surface area contributed by atoms with Crippen molar-refractivity contribution in [2.45, 2.75) is 32.9 Å². The molecule has 0 radical (unpaired) electrons. The predicted octanol–water partition coefficient (Wildman–Crippen LogP) is 2.47. The summed E-state index contributed by atoms with van der Waals surface area (Å²) in [7, 11) is 5.96. The Hall–Kier alpha value is -1.62. The molecule has 0 aliphatic carbocycles. The van der Waals surface area contributed by atoms with Crippen LogP contribution in [0.4, 0.5) is 4.39 Å². The van der Waals surface area contributed by atoms with Crippen LogP contribution in [0.2, 0.25) is 0 Å². The second kappa shape index (κ2) is 9.41. The Balaban J connectivity index is 2.46. The summed E-state index contributed by atoms with van der Waals surface area (Å²) in [6.07, 6.45) is 1.13. The maximum atomic E-state index is 12.9. The molecule has 5 heteroatoms. The number of rotatable bonds is 7. The van der Waals surface area contributed by atoms with Gasteiger partial charge in [0.2, 0.25) is 0 Å². The van der Waals surface area contributed by atoms with Gasteiger partial charge in [-0.3, -0.25) is 4.99 Å². The van der Waals surface area contributed by atoms with Gasteiger partial charge in [0.05, 0.1) is 0 Å². The number of nitrogens with zero attached hydrogens (tertiary/aromatic N) is 2. The molecule has 0 spiro atoms. The molecule has 0 aliphatic heterocycles. The molecule has 4 nitrogen and oxygen atoms in total. The summed E-state index contributed by atoms with van der Waals surface area (Å²) in [6, 6.07) is 6.95. The minimum Gasteiger partial charge on any atom is -0.355 e. The second-order valence-electron chi connectivity index (χ2n) is 6.18. The Labute approximate surface area is 133 Å². The minimum absolute atomic E-state index is 0.214. The number of halogens is 1. The molecule has 1 aromatic carbocycles. The fourth-order valence-corrected chi connectivity index (χ4v) is 2.24. The van der Waals surface area contributed by atoms with E-state index in [1.165, 1.54) is 12.1 Å². The zero-order valence-corrected chi connectivity index (χ0v) is 14.4. The molecular weight excluding hydrogens is 279 g/mol. The van der Waals surface area contributed by atoms with Gasteiger partial charge in [-0.15, -0.1) is 0 Å². The number of aliphatic imine (C=N–C) groups is 1. The predicted molar refractivity (Wildman–Crippen MR) is 91.5 cm³/mol. The molecule has 1 unspecified atom stereocenters. The molecule has 0 fully saturated rings. The van der Waals surface area contributed by atoms with Crippen LogP contribution >= 0.6 is 0 Å². The molecule has 1 aromatic rings. The van der Waals surface area contributed by atoms with Crippen LogP contribution in [0, 0.1) is 11.7 Å². The summed E-state index contributed by atoms with van der Waals surface area (Å²) in [5.74, 6) is 1.21. The Morgan fingerprint density at radius 3 is 2.32 bits per heavy atom. The van der Waals surface area contributed by atoms with Crippen molar-refractivity contribution in [1.29, 1.82) is 0 Å². The Morgan fingerprint density at radius 1 is 1.18 bits per heavy atom. The van der Waals surface area contributed by atoms with E-state index in [1.807, 2.05) is 0 Å². The van der Waals surface area contributed by atoms with Crippen LogP contribution in [-0.2, 0) is 6.54 Å². The Morgan fingerprint density at radius 2 is 1.82 bits per heavy atom. The monoisotopic (exact) mass is 308 g/mol. The van der Waals surface area contributed by atoms with E-state index >= 15 is 0 Å². The molecule has 0 saturated carbocycles. The SMILES string of the molecule is CN=C(NCc1ccc(F)cc1)NCC(CC(C)C)N(C)C. The third-order valence-corrected chi connectivity index (χ3v) is 3.58. The lowest BCUT2D eigenvalue weighted by atomic mass is 10.0. The van der Waals surface area contributed by atoms with Crippen LogP contribution in [0.1, 0.15) is 25.8 Å². The zero-order chi connectivity index (χ0) is 16.5. The maximum Gasteiger partial charge on any atom is 0.191 e. The van der Waals surface area contributed by atoms with Crippen LogP contribution in [0.5, 0.6) is 0 Å². The van der Waals surface area contributed by atoms with Gasteiger partial charge in [0.1, 0.15) is 5.82 Å². The first-order valence-electron chi connectivity index (χ1n) is 7.77. The van der Waals surface area contributed by atoms with Crippen molar-refractivity contribution in [2.75, 3.05) is 27.7 Å². The average Bonchev–Trinajstić information content (AvgIpc) is 2.47. The van der Waals surface area contributed by atoms with Crippen molar-refractivity contribution < 1.29 is 4.39 Å². The fourth-order valence-electron chi connectivity index (χ4n) is 2.24. The van der Waals surface area contributed by atoms with Gasteiger partial charge >= 0.3 is 0 Å². The van der Waals surface area contributed by atoms with Gasteiger partial charge in [0.15, 0.2) is 5.96 Å². The average molecular weight is 308 g/mol. The van der Waals surface area contributed by atoms with Crippen molar-refractivity contribution in [3.63, 3.8) is 0 Å². The van der Waals surface area contributed by atoms with Crippen molar-refractivity contribution >= 4 is 5.96 Å². The molecule has 0 heterocycles. The fraction of sp³-hybridized carbons (Fsp3) is 0.588. The van der Waals surface area contributed by atoms with Gasteiger partial charge in [-0.2, -0.15) is 0 Å². The summed E-state index contributed by atoms with van der Waals surface area (Å²) in [6.45, 7) is 5.93. The lowest BCUT2D eigenvalue weighted by Gasteiger charge is -2.27. The lowest BCUT2D eigenvalue weighted by molar-refractivity contribution is 0.254. The quantitative estimate of drug-likeness (QED) is 0.600. The molecular formula is C17H29FN4.